The van der Waals surface area contributed by atoms with E-state index in [0.29, 0.717) is 0 Å². The Morgan fingerprint density at radius 1 is 0.469 bits per heavy atom. The third kappa shape index (κ3) is 3.79. The molecule has 0 atom stereocenters. The first-order valence-electron chi connectivity index (χ1n) is 17.2. The third-order valence-electron chi connectivity index (χ3n) is 11.2. The van der Waals surface area contributed by atoms with E-state index in [-0.39, 0.29) is 10.8 Å². The van der Waals surface area contributed by atoms with Gasteiger partial charge in [-0.15, -0.1) is 0 Å². The van der Waals surface area contributed by atoms with Crippen molar-refractivity contribution in [2.75, 3.05) is 0 Å². The molecule has 0 aliphatic heterocycles. The summed E-state index contributed by atoms with van der Waals surface area (Å²) in [6.07, 6.45) is 0. The van der Waals surface area contributed by atoms with Gasteiger partial charge in [-0.3, -0.25) is 0 Å². The fourth-order valence-corrected chi connectivity index (χ4v) is 8.82. The molecule has 0 radical (unpaired) electrons. The van der Waals surface area contributed by atoms with Gasteiger partial charge in [0.15, 0.2) is 5.82 Å². The fraction of sp³-hybridized carbons (Fsp3) is 0.130. The average molecular weight is 630 g/mol. The van der Waals surface area contributed by atoms with Crippen molar-refractivity contribution in [3.8, 4) is 50.7 Å². The predicted octanol–water partition coefficient (Wildman–Crippen LogP) is 11.5. The zero-order chi connectivity index (χ0) is 33.1. The van der Waals surface area contributed by atoms with Crippen LogP contribution in [0.3, 0.4) is 0 Å². The van der Waals surface area contributed by atoms with E-state index in [9.17, 15) is 0 Å². The van der Waals surface area contributed by atoms with Gasteiger partial charge in [-0.1, -0.05) is 149 Å². The smallest absolute Gasteiger partial charge is 0.160 e. The number of hydrogen-bond donors (Lipinski definition) is 0. The number of benzene rings is 6. The molecular formula is C46H35N3. The standard InChI is InChI=1S/C46H35N3/c1-45(2)35-19-11-8-17-33(35)39-37(45)27-26-32-31-16-10-13-21-38(31)49(43(32)39)30-24-22-28(23-25-30)41-40-42(34-18-9-12-20-36(34)46(40,3)4)48-44(47-41)29-14-6-5-7-15-29/h5-27H,1-4H3. The second kappa shape index (κ2) is 9.87. The van der Waals surface area contributed by atoms with Crippen molar-refractivity contribution < 1.29 is 0 Å². The Morgan fingerprint density at radius 3 is 1.88 bits per heavy atom. The molecule has 8 aromatic rings. The highest BCUT2D eigenvalue weighted by molar-refractivity contribution is 6.15. The highest BCUT2D eigenvalue weighted by Gasteiger charge is 2.40. The minimum Gasteiger partial charge on any atom is -0.309 e. The van der Waals surface area contributed by atoms with Crippen molar-refractivity contribution in [3.63, 3.8) is 0 Å². The van der Waals surface area contributed by atoms with E-state index in [4.69, 9.17) is 9.97 Å². The number of para-hydroxylation sites is 1. The van der Waals surface area contributed by atoms with Crippen LogP contribution in [0, 0.1) is 0 Å². The minimum atomic E-state index is -0.233. The topological polar surface area (TPSA) is 30.7 Å². The van der Waals surface area contributed by atoms with E-state index in [1.54, 1.807) is 0 Å². The van der Waals surface area contributed by atoms with Crippen molar-refractivity contribution in [1.82, 2.24) is 14.5 Å². The number of nitrogens with zero attached hydrogens (tertiary/aromatic N) is 3. The molecule has 3 nitrogen and oxygen atoms in total. The maximum atomic E-state index is 5.33. The molecule has 0 amide bonds. The Balaban J connectivity index is 1.21. The van der Waals surface area contributed by atoms with Gasteiger partial charge < -0.3 is 4.57 Å². The molecule has 10 rings (SSSR count). The SMILES string of the molecule is CC1(C)c2ccccc2-c2c1ccc1c3ccccc3n(-c3ccc(-c4nc(-c5ccccc5)nc5c4C(C)(C)c4ccccc4-5)cc3)c21. The van der Waals surface area contributed by atoms with Gasteiger partial charge in [0.1, 0.15) is 0 Å². The summed E-state index contributed by atoms with van der Waals surface area (Å²) in [5.74, 6) is 0.755. The van der Waals surface area contributed by atoms with Gasteiger partial charge in [-0.25, -0.2) is 9.97 Å². The Morgan fingerprint density at radius 2 is 1.10 bits per heavy atom. The Kier molecular flexibility index (Phi) is 5.69. The highest BCUT2D eigenvalue weighted by atomic mass is 15.0. The van der Waals surface area contributed by atoms with Crippen LogP contribution in [0.4, 0.5) is 0 Å². The van der Waals surface area contributed by atoms with Crippen LogP contribution in [0.15, 0.2) is 140 Å². The lowest BCUT2D eigenvalue weighted by atomic mass is 9.81. The first-order chi connectivity index (χ1) is 23.8. The molecule has 49 heavy (non-hydrogen) atoms. The van der Waals surface area contributed by atoms with Gasteiger partial charge in [0, 0.05) is 55.1 Å². The van der Waals surface area contributed by atoms with Gasteiger partial charge in [0.25, 0.3) is 0 Å². The summed E-state index contributed by atoms with van der Waals surface area (Å²) in [6, 6.07) is 50.6. The van der Waals surface area contributed by atoms with E-state index in [1.165, 1.54) is 60.8 Å². The lowest BCUT2D eigenvalue weighted by Crippen LogP contribution is -2.17. The van der Waals surface area contributed by atoms with Crippen LogP contribution >= 0.6 is 0 Å². The van der Waals surface area contributed by atoms with Gasteiger partial charge in [-0.2, -0.15) is 0 Å². The van der Waals surface area contributed by atoms with Gasteiger partial charge in [-0.05, 0) is 40.5 Å². The van der Waals surface area contributed by atoms with Crippen LogP contribution in [-0.4, -0.2) is 14.5 Å². The number of aromatic nitrogens is 3. The predicted molar refractivity (Wildman–Crippen MR) is 202 cm³/mol. The van der Waals surface area contributed by atoms with Crippen LogP contribution in [0.25, 0.3) is 72.5 Å². The average Bonchev–Trinajstić information content (AvgIpc) is 3.69. The van der Waals surface area contributed by atoms with E-state index in [1.807, 2.05) is 6.07 Å². The zero-order valence-corrected chi connectivity index (χ0v) is 28.1. The summed E-state index contributed by atoms with van der Waals surface area (Å²) < 4.78 is 2.48. The lowest BCUT2D eigenvalue weighted by molar-refractivity contribution is 0.658. The largest absolute Gasteiger partial charge is 0.309 e. The van der Waals surface area contributed by atoms with Crippen molar-refractivity contribution >= 4 is 21.8 Å². The second-order valence-corrected chi connectivity index (χ2v) is 14.6. The minimum absolute atomic E-state index is 0.0699. The van der Waals surface area contributed by atoms with Gasteiger partial charge in [0.05, 0.1) is 22.4 Å². The molecule has 0 spiro atoms. The molecule has 6 aromatic carbocycles. The maximum absolute atomic E-state index is 5.33. The molecule has 0 bridgehead atoms. The van der Waals surface area contributed by atoms with E-state index in [0.717, 1.165) is 34.0 Å². The van der Waals surface area contributed by atoms with Crippen LogP contribution < -0.4 is 0 Å². The molecular weight excluding hydrogens is 595 g/mol. The first kappa shape index (κ1) is 28.2. The molecule has 0 saturated heterocycles. The summed E-state index contributed by atoms with van der Waals surface area (Å²) in [4.78, 5) is 10.5. The quantitative estimate of drug-likeness (QED) is 0.195. The molecule has 2 aromatic heterocycles. The Labute approximate surface area is 286 Å². The second-order valence-electron chi connectivity index (χ2n) is 14.6. The van der Waals surface area contributed by atoms with Crippen molar-refractivity contribution in [2.45, 2.75) is 38.5 Å². The molecule has 2 aliphatic carbocycles. The normalized spacial score (nSPS) is 14.9. The third-order valence-corrected chi connectivity index (χ3v) is 11.2. The van der Waals surface area contributed by atoms with E-state index in [2.05, 4.69) is 166 Å². The molecule has 0 unspecified atom stereocenters. The summed E-state index contributed by atoms with van der Waals surface area (Å²) in [5.41, 5.74) is 16.6. The van der Waals surface area contributed by atoms with Crippen LogP contribution in [0.2, 0.25) is 0 Å². The summed E-state index contributed by atoms with van der Waals surface area (Å²) in [7, 11) is 0. The number of rotatable bonds is 3. The Bertz CT molecular complexity index is 2640. The molecule has 3 heteroatoms. The molecule has 234 valence electrons. The fourth-order valence-electron chi connectivity index (χ4n) is 8.82. The van der Waals surface area contributed by atoms with Crippen LogP contribution in [0.5, 0.6) is 0 Å². The lowest BCUT2D eigenvalue weighted by Gasteiger charge is -2.24. The van der Waals surface area contributed by atoms with Crippen molar-refractivity contribution in [3.05, 3.63) is 162 Å². The first-order valence-corrected chi connectivity index (χ1v) is 17.2. The maximum Gasteiger partial charge on any atom is 0.160 e. The van der Waals surface area contributed by atoms with Crippen LogP contribution in [0.1, 0.15) is 49.9 Å². The summed E-state index contributed by atoms with van der Waals surface area (Å²) in [6.45, 7) is 9.32. The monoisotopic (exact) mass is 629 g/mol. The summed E-state index contributed by atoms with van der Waals surface area (Å²) in [5, 5.41) is 2.55. The summed E-state index contributed by atoms with van der Waals surface area (Å²) >= 11 is 0. The van der Waals surface area contributed by atoms with Gasteiger partial charge >= 0.3 is 0 Å². The number of hydrogen-bond acceptors (Lipinski definition) is 2. The molecule has 0 N–H and O–H groups in total. The van der Waals surface area contributed by atoms with E-state index < -0.39 is 0 Å². The zero-order valence-electron chi connectivity index (χ0n) is 28.1. The van der Waals surface area contributed by atoms with Crippen molar-refractivity contribution in [2.24, 2.45) is 0 Å². The van der Waals surface area contributed by atoms with Gasteiger partial charge in [0.2, 0.25) is 0 Å². The molecule has 2 aliphatic rings. The highest BCUT2D eigenvalue weighted by Crippen LogP contribution is 2.54. The molecule has 2 heterocycles. The van der Waals surface area contributed by atoms with E-state index >= 15 is 0 Å². The van der Waals surface area contributed by atoms with Crippen molar-refractivity contribution in [1.29, 1.82) is 0 Å². The van der Waals surface area contributed by atoms with Crippen LogP contribution in [-0.2, 0) is 10.8 Å². The molecule has 0 fully saturated rings. The number of fused-ring (bicyclic) bond motifs is 10. The Hall–Kier alpha value is -5.80. The molecule has 0 saturated carbocycles.